The summed E-state index contributed by atoms with van der Waals surface area (Å²) in [6, 6.07) is 6.42. The first-order valence-corrected chi connectivity index (χ1v) is 7.89. The molecule has 24 heavy (non-hydrogen) atoms. The number of anilines is 1. The molecule has 0 bridgehead atoms. The minimum absolute atomic E-state index is 0.127. The van der Waals surface area contributed by atoms with Crippen molar-refractivity contribution in [1.82, 2.24) is 5.32 Å². The van der Waals surface area contributed by atoms with Crippen molar-refractivity contribution in [2.45, 2.75) is 26.7 Å². The van der Waals surface area contributed by atoms with Crippen molar-refractivity contribution in [2.24, 2.45) is 11.1 Å². The average molecular weight is 335 g/mol. The summed E-state index contributed by atoms with van der Waals surface area (Å²) in [7, 11) is 1.25. The van der Waals surface area contributed by atoms with Crippen molar-refractivity contribution in [2.75, 3.05) is 25.5 Å². The third-order valence-electron chi connectivity index (χ3n) is 4.25. The fourth-order valence-corrected chi connectivity index (χ4v) is 2.25. The monoisotopic (exact) mass is 335 g/mol. The molecule has 0 aromatic heterocycles. The molecular weight excluding hydrogens is 310 g/mol. The maximum absolute atomic E-state index is 12.4. The maximum atomic E-state index is 12.4. The fourth-order valence-electron chi connectivity index (χ4n) is 2.25. The second kappa shape index (κ2) is 9.02. The highest BCUT2D eigenvalue weighted by atomic mass is 16.5. The molecule has 0 saturated carbocycles. The van der Waals surface area contributed by atoms with Gasteiger partial charge in [0.05, 0.1) is 12.5 Å². The lowest BCUT2D eigenvalue weighted by molar-refractivity contribution is -0.139. The van der Waals surface area contributed by atoms with Crippen LogP contribution in [0.25, 0.3) is 0 Å². The normalized spacial score (nSPS) is 10.8. The van der Waals surface area contributed by atoms with Gasteiger partial charge < -0.3 is 21.1 Å². The summed E-state index contributed by atoms with van der Waals surface area (Å²) in [6.45, 7) is 3.95. The van der Waals surface area contributed by atoms with E-state index in [1.54, 1.807) is 24.3 Å². The number of ether oxygens (including phenoxy) is 1. The van der Waals surface area contributed by atoms with Crippen LogP contribution in [0.15, 0.2) is 24.3 Å². The van der Waals surface area contributed by atoms with E-state index in [0.29, 0.717) is 24.1 Å². The summed E-state index contributed by atoms with van der Waals surface area (Å²) >= 11 is 0. The van der Waals surface area contributed by atoms with Gasteiger partial charge in [-0.25, -0.2) is 0 Å². The molecule has 0 aliphatic rings. The highest BCUT2D eigenvalue weighted by Gasteiger charge is 2.33. The SMILES string of the molecule is CCC(CC)(CN)C(=O)Nc1ccc(C(=O)NCC(=O)OC)cc1. The molecule has 2 amide bonds. The van der Waals surface area contributed by atoms with Gasteiger partial charge in [-0.15, -0.1) is 0 Å². The zero-order chi connectivity index (χ0) is 18.2. The lowest BCUT2D eigenvalue weighted by Crippen LogP contribution is -2.41. The Morgan fingerprint density at radius 1 is 1.12 bits per heavy atom. The predicted octanol–water partition coefficient (Wildman–Crippen LogP) is 1.29. The number of carbonyl (C=O) groups excluding carboxylic acids is 3. The van der Waals surface area contributed by atoms with Gasteiger partial charge in [-0.2, -0.15) is 0 Å². The molecule has 0 aliphatic heterocycles. The van der Waals surface area contributed by atoms with Crippen molar-refractivity contribution in [3.05, 3.63) is 29.8 Å². The summed E-state index contributed by atoms with van der Waals surface area (Å²) in [5.74, 6) is -1.04. The van der Waals surface area contributed by atoms with Gasteiger partial charge in [0.25, 0.3) is 5.91 Å². The van der Waals surface area contributed by atoms with Crippen molar-refractivity contribution < 1.29 is 19.1 Å². The minimum atomic E-state index is -0.587. The molecule has 1 rings (SSSR count). The Balaban J connectivity index is 2.72. The molecule has 0 fully saturated rings. The summed E-state index contributed by atoms with van der Waals surface area (Å²) in [5, 5.41) is 5.28. The van der Waals surface area contributed by atoms with E-state index in [1.807, 2.05) is 13.8 Å². The van der Waals surface area contributed by atoms with Crippen molar-refractivity contribution in [3.8, 4) is 0 Å². The number of nitrogens with one attached hydrogen (secondary N) is 2. The number of hydrogen-bond acceptors (Lipinski definition) is 5. The number of hydrogen-bond donors (Lipinski definition) is 3. The maximum Gasteiger partial charge on any atom is 0.325 e. The third kappa shape index (κ3) is 4.79. The van der Waals surface area contributed by atoms with Crippen LogP contribution in [-0.4, -0.2) is 38.0 Å². The second-order valence-corrected chi connectivity index (χ2v) is 5.48. The van der Waals surface area contributed by atoms with E-state index >= 15 is 0 Å². The van der Waals surface area contributed by atoms with E-state index in [9.17, 15) is 14.4 Å². The van der Waals surface area contributed by atoms with Gasteiger partial charge in [-0.1, -0.05) is 13.8 Å². The molecule has 7 heteroatoms. The highest BCUT2D eigenvalue weighted by Crippen LogP contribution is 2.27. The van der Waals surface area contributed by atoms with Crippen LogP contribution in [0, 0.1) is 5.41 Å². The van der Waals surface area contributed by atoms with E-state index in [-0.39, 0.29) is 19.0 Å². The molecule has 132 valence electrons. The highest BCUT2D eigenvalue weighted by molar-refractivity contribution is 5.98. The number of methoxy groups -OCH3 is 1. The fraction of sp³-hybridized carbons (Fsp3) is 0.471. The molecular formula is C17H25N3O4. The van der Waals surface area contributed by atoms with Crippen LogP contribution in [0.4, 0.5) is 5.69 Å². The number of amides is 2. The average Bonchev–Trinajstić information content (AvgIpc) is 2.62. The molecule has 1 aromatic carbocycles. The number of benzene rings is 1. The quantitative estimate of drug-likeness (QED) is 0.620. The molecule has 0 spiro atoms. The molecule has 7 nitrogen and oxygen atoms in total. The largest absolute Gasteiger partial charge is 0.468 e. The number of nitrogens with two attached hydrogens (primary N) is 1. The topological polar surface area (TPSA) is 111 Å². The van der Waals surface area contributed by atoms with Crippen LogP contribution in [0.5, 0.6) is 0 Å². The summed E-state index contributed by atoms with van der Waals surface area (Å²) < 4.78 is 4.45. The van der Waals surface area contributed by atoms with Gasteiger partial charge in [-0.3, -0.25) is 14.4 Å². The first-order chi connectivity index (χ1) is 11.4. The van der Waals surface area contributed by atoms with Crippen LogP contribution < -0.4 is 16.4 Å². The van der Waals surface area contributed by atoms with Crippen molar-refractivity contribution in [1.29, 1.82) is 0 Å². The van der Waals surface area contributed by atoms with Crippen LogP contribution in [0.2, 0.25) is 0 Å². The Labute approximate surface area is 141 Å². The van der Waals surface area contributed by atoms with Crippen LogP contribution in [0.3, 0.4) is 0 Å². The van der Waals surface area contributed by atoms with E-state index in [2.05, 4.69) is 15.4 Å². The number of carbonyl (C=O) groups is 3. The minimum Gasteiger partial charge on any atom is -0.468 e. The first-order valence-electron chi connectivity index (χ1n) is 7.89. The summed E-state index contributed by atoms with van der Waals surface area (Å²) in [6.07, 6.45) is 1.31. The summed E-state index contributed by atoms with van der Waals surface area (Å²) in [4.78, 5) is 35.3. The molecule has 0 atom stereocenters. The van der Waals surface area contributed by atoms with E-state index in [1.165, 1.54) is 7.11 Å². The van der Waals surface area contributed by atoms with Crippen LogP contribution >= 0.6 is 0 Å². The molecule has 0 aliphatic carbocycles. The Morgan fingerprint density at radius 3 is 2.17 bits per heavy atom. The van der Waals surface area contributed by atoms with E-state index in [4.69, 9.17) is 5.73 Å². The lowest BCUT2D eigenvalue weighted by Gasteiger charge is -2.28. The lowest BCUT2D eigenvalue weighted by atomic mass is 9.81. The smallest absolute Gasteiger partial charge is 0.325 e. The number of rotatable bonds is 8. The van der Waals surface area contributed by atoms with Gasteiger partial charge >= 0.3 is 5.97 Å². The van der Waals surface area contributed by atoms with E-state index < -0.39 is 17.3 Å². The predicted molar refractivity (Wildman–Crippen MR) is 91.5 cm³/mol. The van der Waals surface area contributed by atoms with Gasteiger partial charge in [0.2, 0.25) is 5.91 Å². The van der Waals surface area contributed by atoms with Gasteiger partial charge in [0.15, 0.2) is 0 Å². The van der Waals surface area contributed by atoms with Gasteiger partial charge in [0.1, 0.15) is 6.54 Å². The second-order valence-electron chi connectivity index (χ2n) is 5.48. The standard InChI is InChI=1S/C17H25N3O4/c1-4-17(5-2,11-18)16(23)20-13-8-6-12(7-9-13)15(22)19-10-14(21)24-3/h6-9H,4-5,10-11,18H2,1-3H3,(H,19,22)(H,20,23). The van der Waals surface area contributed by atoms with Crippen LogP contribution in [-0.2, 0) is 14.3 Å². The zero-order valence-corrected chi connectivity index (χ0v) is 14.3. The van der Waals surface area contributed by atoms with E-state index in [0.717, 1.165) is 0 Å². The molecule has 1 aromatic rings. The van der Waals surface area contributed by atoms with Crippen molar-refractivity contribution in [3.63, 3.8) is 0 Å². The Hall–Kier alpha value is -2.41. The van der Waals surface area contributed by atoms with Gasteiger partial charge in [-0.05, 0) is 37.1 Å². The van der Waals surface area contributed by atoms with Crippen LogP contribution in [0.1, 0.15) is 37.0 Å². The zero-order valence-electron chi connectivity index (χ0n) is 14.3. The Bertz CT molecular complexity index is 572. The first kappa shape index (κ1) is 19.6. The Kier molecular flexibility index (Phi) is 7.38. The molecule has 0 saturated heterocycles. The third-order valence-corrected chi connectivity index (χ3v) is 4.25. The Morgan fingerprint density at radius 2 is 1.71 bits per heavy atom. The summed E-state index contributed by atoms with van der Waals surface area (Å²) in [5.41, 5.74) is 6.15. The molecule has 4 N–H and O–H groups in total. The molecule has 0 radical (unpaired) electrons. The number of esters is 1. The van der Waals surface area contributed by atoms with Gasteiger partial charge in [0, 0.05) is 17.8 Å². The molecule has 0 heterocycles. The van der Waals surface area contributed by atoms with Crippen molar-refractivity contribution >= 4 is 23.5 Å². The molecule has 0 unspecified atom stereocenters.